The molecule has 0 aliphatic carbocycles. The zero-order valence-corrected chi connectivity index (χ0v) is 31.5. The van der Waals surface area contributed by atoms with E-state index in [0.29, 0.717) is 46.3 Å². The van der Waals surface area contributed by atoms with Crippen molar-refractivity contribution in [2.24, 2.45) is 0 Å². The Morgan fingerprint density at radius 1 is 0.527 bits per heavy atom. The Balaban J connectivity index is 0.000000197. The van der Waals surface area contributed by atoms with Crippen molar-refractivity contribution in [3.8, 4) is 23.3 Å². The number of hydrogen-bond acceptors (Lipinski definition) is 12. The second-order valence-electron chi connectivity index (χ2n) is 11.4. The van der Waals surface area contributed by atoms with Gasteiger partial charge in [-0.1, -0.05) is 18.2 Å². The van der Waals surface area contributed by atoms with Crippen molar-refractivity contribution < 1.29 is 14.3 Å². The van der Waals surface area contributed by atoms with Crippen LogP contribution in [0.5, 0.6) is 23.3 Å². The number of benzene rings is 5. The number of para-hydroxylation sites is 1. The molecule has 7 aromatic rings. The molecule has 5 aromatic carbocycles. The number of thioether (sulfide) groups is 2. The highest BCUT2D eigenvalue weighted by Gasteiger charge is 2.06. The Hall–Kier alpha value is -6.77. The minimum atomic E-state index is -0.318. The monoisotopic (exact) mass is 767 g/mol. The van der Waals surface area contributed by atoms with Crippen molar-refractivity contribution in [2.75, 3.05) is 39.5 Å². The summed E-state index contributed by atoms with van der Waals surface area (Å²) in [6, 6.07) is 42.8. The van der Waals surface area contributed by atoms with E-state index in [0.717, 1.165) is 17.1 Å². The summed E-state index contributed by atoms with van der Waals surface area (Å²) in [6.45, 7) is 0. The molecule has 0 saturated carbocycles. The molecule has 0 spiro atoms. The number of amides is 2. The van der Waals surface area contributed by atoms with Gasteiger partial charge in [0.1, 0.15) is 35.8 Å². The summed E-state index contributed by atoms with van der Waals surface area (Å²) in [4.78, 5) is 31.2. The van der Waals surface area contributed by atoms with Crippen molar-refractivity contribution in [3.05, 3.63) is 152 Å². The third-order valence-corrected chi connectivity index (χ3v) is 8.96. The molecule has 0 bridgehead atoms. The maximum Gasteiger partial charge on any atom is 0.323 e. The molecule has 0 radical (unpaired) electrons. The van der Waals surface area contributed by atoms with E-state index in [4.69, 9.17) is 15.2 Å². The molecule has 0 aliphatic rings. The summed E-state index contributed by atoms with van der Waals surface area (Å²) < 4.78 is 11.5. The maximum atomic E-state index is 12.1. The van der Waals surface area contributed by atoms with Crippen molar-refractivity contribution in [2.45, 2.75) is 9.79 Å². The summed E-state index contributed by atoms with van der Waals surface area (Å²) in [5.74, 6) is 3.44. The first kappa shape index (κ1) is 38.0. The van der Waals surface area contributed by atoms with Gasteiger partial charge < -0.3 is 36.5 Å². The lowest BCUT2D eigenvalue weighted by Crippen LogP contribution is -2.19. The summed E-state index contributed by atoms with van der Waals surface area (Å²) >= 11 is 3.40. The Labute approximate surface area is 327 Å². The molecule has 0 unspecified atom stereocenters. The number of carbonyl (C=O) groups excluding carboxylic acids is 1. The quantitative estimate of drug-likeness (QED) is 0.0592. The van der Waals surface area contributed by atoms with Crippen LogP contribution < -0.4 is 36.5 Å². The average Bonchev–Trinajstić information content (AvgIpc) is 3.21. The van der Waals surface area contributed by atoms with Crippen LogP contribution in [0.3, 0.4) is 0 Å². The van der Waals surface area contributed by atoms with Gasteiger partial charge in [0.15, 0.2) is 0 Å². The van der Waals surface area contributed by atoms with Crippen LogP contribution in [0.2, 0.25) is 0 Å². The van der Waals surface area contributed by atoms with Crippen molar-refractivity contribution in [3.63, 3.8) is 0 Å². The van der Waals surface area contributed by atoms with Gasteiger partial charge in [0.05, 0.1) is 0 Å². The fraction of sp³-hybridized carbons (Fsp3) is 0.0488. The first-order chi connectivity index (χ1) is 26.9. The van der Waals surface area contributed by atoms with E-state index in [1.165, 1.54) is 22.4 Å². The second-order valence-corrected chi connectivity index (χ2v) is 13.2. The highest BCUT2D eigenvalue weighted by Crippen LogP contribution is 2.26. The summed E-state index contributed by atoms with van der Waals surface area (Å²) in [6.07, 6.45) is 7.00. The van der Waals surface area contributed by atoms with Crippen LogP contribution >= 0.6 is 23.5 Å². The topological polar surface area (TPSA) is 161 Å². The van der Waals surface area contributed by atoms with Gasteiger partial charge in [-0.05, 0) is 122 Å². The van der Waals surface area contributed by atoms with E-state index in [2.05, 4.69) is 53.3 Å². The second kappa shape index (κ2) is 19.3. The fourth-order valence-corrected chi connectivity index (χ4v) is 5.59. The lowest BCUT2D eigenvalue weighted by Gasteiger charge is -2.10. The Morgan fingerprint density at radius 3 is 1.40 bits per heavy atom. The van der Waals surface area contributed by atoms with E-state index in [9.17, 15) is 4.79 Å². The highest BCUT2D eigenvalue weighted by molar-refractivity contribution is 7.98. The van der Waals surface area contributed by atoms with Crippen LogP contribution in [0.4, 0.5) is 44.9 Å². The van der Waals surface area contributed by atoms with Crippen LogP contribution in [0, 0.1) is 0 Å². The van der Waals surface area contributed by atoms with Crippen LogP contribution in [-0.2, 0) is 0 Å². The number of nitrogens with one attached hydrogen (secondary N) is 4. The van der Waals surface area contributed by atoms with Gasteiger partial charge in [0.25, 0.3) is 0 Å². The molecule has 2 amide bonds. The molecule has 0 fully saturated rings. The number of rotatable bonds is 12. The first-order valence-corrected chi connectivity index (χ1v) is 19.3. The molecule has 2 heterocycles. The molecule has 55 heavy (non-hydrogen) atoms. The van der Waals surface area contributed by atoms with Gasteiger partial charge in [-0.2, -0.15) is 0 Å². The standard InChI is InChI=1S/C24H21N5O2S.C17H16N4OS/c1-32-21-13-9-18(10-14-21)27-22-15-23(26-16-25-22)31-20-11-7-19(8-12-20)29-24(30)28-17-5-3-2-4-6-17;1-23-15-8-4-13(5-9-15)21-16-10-17(20-11-19-16)22-14-6-2-12(18)3-7-14/h2-16H,1H3,(H,25,26,27)(H2,28,29,30);2-11H,18H2,1H3,(H,19,20,21). The third kappa shape index (κ3) is 12.1. The number of carbonyl (C=O) groups is 1. The van der Waals surface area contributed by atoms with Gasteiger partial charge in [-0.3, -0.25) is 0 Å². The van der Waals surface area contributed by atoms with E-state index in [1.54, 1.807) is 84.2 Å². The molecule has 0 atom stereocenters. The first-order valence-electron chi connectivity index (χ1n) is 16.8. The molecule has 276 valence electrons. The molecule has 12 nitrogen and oxygen atoms in total. The number of aromatic nitrogens is 4. The maximum absolute atomic E-state index is 12.1. The van der Waals surface area contributed by atoms with Crippen LogP contribution in [0.1, 0.15) is 0 Å². The molecule has 7 rings (SSSR count). The van der Waals surface area contributed by atoms with Crippen molar-refractivity contribution in [1.82, 2.24) is 19.9 Å². The zero-order chi connectivity index (χ0) is 38.2. The summed E-state index contributed by atoms with van der Waals surface area (Å²) in [7, 11) is 0. The normalized spacial score (nSPS) is 10.3. The Kier molecular flexibility index (Phi) is 13.4. The lowest BCUT2D eigenvalue weighted by atomic mass is 10.3. The Morgan fingerprint density at radius 2 is 0.945 bits per heavy atom. The van der Waals surface area contributed by atoms with Gasteiger partial charge in [-0.25, -0.2) is 24.7 Å². The number of hydrogen-bond donors (Lipinski definition) is 5. The van der Waals surface area contributed by atoms with Crippen molar-refractivity contribution in [1.29, 1.82) is 0 Å². The largest absolute Gasteiger partial charge is 0.439 e. The third-order valence-electron chi connectivity index (χ3n) is 7.48. The SMILES string of the molecule is CSc1ccc(Nc2cc(Oc3ccc(N)cc3)ncn2)cc1.CSc1ccc(Nc2cc(Oc3ccc(NC(=O)Nc4ccccc4)cc3)ncn2)cc1. The van der Waals surface area contributed by atoms with E-state index < -0.39 is 0 Å². The minimum absolute atomic E-state index is 0.318. The molecule has 2 aromatic heterocycles. The van der Waals surface area contributed by atoms with E-state index >= 15 is 0 Å². The molecule has 0 saturated heterocycles. The molecule has 0 aliphatic heterocycles. The molecular weight excluding hydrogens is 731 g/mol. The number of nitrogens with zero attached hydrogens (tertiary/aromatic N) is 4. The number of urea groups is 1. The van der Waals surface area contributed by atoms with Crippen molar-refractivity contribution >= 4 is 69.6 Å². The number of anilines is 7. The summed E-state index contributed by atoms with van der Waals surface area (Å²) in [5, 5.41) is 12.0. The van der Waals surface area contributed by atoms with E-state index in [-0.39, 0.29) is 6.03 Å². The predicted molar refractivity (Wildman–Crippen MR) is 224 cm³/mol. The lowest BCUT2D eigenvalue weighted by molar-refractivity contribution is 0.262. The molecule has 14 heteroatoms. The average molecular weight is 768 g/mol. The highest BCUT2D eigenvalue weighted by atomic mass is 32.2. The number of ether oxygens (including phenoxy) is 2. The fourth-order valence-electron chi connectivity index (χ4n) is 4.77. The zero-order valence-electron chi connectivity index (χ0n) is 29.8. The van der Waals surface area contributed by atoms with Gasteiger partial charge in [0.2, 0.25) is 11.8 Å². The van der Waals surface area contributed by atoms with Crippen LogP contribution in [0.25, 0.3) is 0 Å². The molecule has 6 N–H and O–H groups in total. The predicted octanol–water partition coefficient (Wildman–Crippen LogP) is 10.7. The Bertz CT molecular complexity index is 2260. The van der Waals surface area contributed by atoms with Gasteiger partial charge in [0, 0.05) is 50.4 Å². The minimum Gasteiger partial charge on any atom is -0.439 e. The summed E-state index contributed by atoms with van der Waals surface area (Å²) in [5.41, 5.74) is 9.60. The van der Waals surface area contributed by atoms with Crippen LogP contribution in [-0.4, -0.2) is 38.5 Å². The molecular formula is C41H37N9O3S2. The number of nitrogen functional groups attached to an aromatic ring is 1. The number of nitrogens with two attached hydrogens (primary N) is 1. The van der Waals surface area contributed by atoms with E-state index in [1.807, 2.05) is 79.2 Å². The smallest absolute Gasteiger partial charge is 0.323 e. The van der Waals surface area contributed by atoms with Gasteiger partial charge in [-0.15, -0.1) is 23.5 Å². The van der Waals surface area contributed by atoms with Crippen LogP contribution in [0.15, 0.2) is 162 Å². The van der Waals surface area contributed by atoms with Gasteiger partial charge >= 0.3 is 6.03 Å².